The Labute approximate surface area is 219 Å². The quantitative estimate of drug-likeness (QED) is 0.193. The number of benzene rings is 1. The van der Waals surface area contributed by atoms with Gasteiger partial charge in [-0.2, -0.15) is 0 Å². The first-order chi connectivity index (χ1) is 16.5. The minimum absolute atomic E-state index is 0. The van der Waals surface area contributed by atoms with Crippen molar-refractivity contribution < 1.29 is 14.0 Å². The number of hydrogen-bond acceptors (Lipinski definition) is 7. The van der Waals surface area contributed by atoms with Crippen molar-refractivity contribution in [3.63, 3.8) is 0 Å². The van der Waals surface area contributed by atoms with Crippen molar-refractivity contribution in [2.75, 3.05) is 25.9 Å². The van der Waals surface area contributed by atoms with Crippen LogP contribution >= 0.6 is 24.2 Å². The lowest BCUT2D eigenvalue weighted by Gasteiger charge is -2.36. The molecular formula is C26H39ClN4O3S. The molecule has 0 bridgehead atoms. The van der Waals surface area contributed by atoms with Gasteiger partial charge in [0.2, 0.25) is 12.2 Å². The molecule has 2 aromatic rings. The molecule has 1 aromatic heterocycles. The molecule has 1 aliphatic rings. The Kier molecular flexibility index (Phi) is 12.8. The van der Waals surface area contributed by atoms with E-state index in [9.17, 15) is 9.59 Å². The topological polar surface area (TPSA) is 79.5 Å². The van der Waals surface area contributed by atoms with Crippen LogP contribution in [0.3, 0.4) is 0 Å². The highest BCUT2D eigenvalue weighted by molar-refractivity contribution is 7.99. The van der Waals surface area contributed by atoms with Crippen LogP contribution in [0.4, 0.5) is 0 Å². The number of aromatic nitrogens is 2. The van der Waals surface area contributed by atoms with E-state index in [2.05, 4.69) is 60.3 Å². The van der Waals surface area contributed by atoms with E-state index in [1.54, 1.807) is 4.90 Å². The second-order valence-electron chi connectivity index (χ2n) is 9.61. The van der Waals surface area contributed by atoms with E-state index >= 15 is 0 Å². The normalized spacial score (nSPS) is 15.1. The van der Waals surface area contributed by atoms with Gasteiger partial charge in [0.1, 0.15) is 6.04 Å². The van der Waals surface area contributed by atoms with Gasteiger partial charge in [0.25, 0.3) is 11.1 Å². The summed E-state index contributed by atoms with van der Waals surface area (Å²) in [5, 5.41) is 8.52. The molecule has 1 aliphatic carbocycles. The van der Waals surface area contributed by atoms with Crippen LogP contribution in [0.25, 0.3) is 0 Å². The van der Waals surface area contributed by atoms with E-state index in [4.69, 9.17) is 4.42 Å². The maximum absolute atomic E-state index is 13.3. The number of amides is 1. The van der Waals surface area contributed by atoms with Gasteiger partial charge in [-0.1, -0.05) is 75.2 Å². The number of rotatable bonds is 14. The zero-order chi connectivity index (χ0) is 24.3. The highest BCUT2D eigenvalue weighted by atomic mass is 35.5. The first-order valence-corrected chi connectivity index (χ1v) is 13.4. The summed E-state index contributed by atoms with van der Waals surface area (Å²) in [6, 6.07) is 10.0. The molecular weight excluding hydrogens is 484 g/mol. The third kappa shape index (κ3) is 9.24. The lowest BCUT2D eigenvalue weighted by Crippen LogP contribution is -2.48. The predicted molar refractivity (Wildman–Crippen MR) is 142 cm³/mol. The van der Waals surface area contributed by atoms with Crippen LogP contribution in [0.2, 0.25) is 0 Å². The molecule has 3 rings (SSSR count). The van der Waals surface area contributed by atoms with Crippen molar-refractivity contribution in [2.45, 2.75) is 76.1 Å². The summed E-state index contributed by atoms with van der Waals surface area (Å²) in [4.78, 5) is 29.3. The van der Waals surface area contributed by atoms with E-state index < -0.39 is 6.04 Å². The molecule has 0 N–H and O–H groups in total. The lowest BCUT2D eigenvalue weighted by molar-refractivity contribution is -0.122. The maximum Gasteiger partial charge on any atom is 0.286 e. The van der Waals surface area contributed by atoms with Crippen LogP contribution in [0.1, 0.15) is 68.6 Å². The molecule has 1 atom stereocenters. The summed E-state index contributed by atoms with van der Waals surface area (Å²) in [6.45, 7) is 5.97. The summed E-state index contributed by atoms with van der Waals surface area (Å²) in [5.41, 5.74) is 1.33. The van der Waals surface area contributed by atoms with E-state index in [-0.39, 0.29) is 36.0 Å². The Balaban J connectivity index is 0.00000432. The molecule has 0 radical (unpaired) electrons. The molecule has 35 heavy (non-hydrogen) atoms. The van der Waals surface area contributed by atoms with Gasteiger partial charge in [-0.3, -0.25) is 9.59 Å². The van der Waals surface area contributed by atoms with Crippen molar-refractivity contribution in [1.29, 1.82) is 0 Å². The summed E-state index contributed by atoms with van der Waals surface area (Å²) < 4.78 is 5.73. The van der Waals surface area contributed by atoms with Crippen LogP contribution < -0.4 is 0 Å². The van der Waals surface area contributed by atoms with Gasteiger partial charge >= 0.3 is 0 Å². The van der Waals surface area contributed by atoms with E-state index in [0.717, 1.165) is 57.4 Å². The standard InChI is InChI=1S/C26H38N4O3S.ClH/c1-20(2)18-23(30(19-31)22-12-8-5-9-13-22)24(32)25-27-28-26(33-25)34-17-16-29(3)15-14-21-10-6-4-7-11-21;/h4,6-7,10-11,19-20,22-23H,5,8-9,12-18H2,1-3H3;1H. The summed E-state index contributed by atoms with van der Waals surface area (Å²) in [6.07, 6.45) is 7.72. The molecule has 194 valence electrons. The number of carbonyl (C=O) groups is 2. The van der Waals surface area contributed by atoms with Gasteiger partial charge in [0, 0.05) is 24.9 Å². The minimum atomic E-state index is -0.553. The number of thioether (sulfide) groups is 1. The van der Waals surface area contributed by atoms with Crippen LogP contribution in [0.5, 0.6) is 0 Å². The number of ketones is 1. The largest absolute Gasteiger partial charge is 0.408 e. The maximum atomic E-state index is 13.3. The molecule has 7 nitrogen and oxygen atoms in total. The average molecular weight is 523 g/mol. The average Bonchev–Trinajstić information content (AvgIpc) is 3.32. The third-order valence-electron chi connectivity index (χ3n) is 6.42. The second kappa shape index (κ2) is 15.3. The minimum Gasteiger partial charge on any atom is -0.408 e. The van der Waals surface area contributed by atoms with Crippen molar-refractivity contribution in [3.8, 4) is 0 Å². The molecule has 1 saturated carbocycles. The SMILES string of the molecule is CC(C)CC(C(=O)c1nnc(SCCN(C)CCc2ccccc2)o1)N(C=O)C1CCCCC1.Cl. The number of hydrogen-bond donors (Lipinski definition) is 0. The van der Waals surface area contributed by atoms with Crippen molar-refractivity contribution in [3.05, 3.63) is 41.8 Å². The third-order valence-corrected chi connectivity index (χ3v) is 7.21. The summed E-state index contributed by atoms with van der Waals surface area (Å²) in [5.74, 6) is 0.820. The molecule has 9 heteroatoms. The van der Waals surface area contributed by atoms with Gasteiger partial charge in [-0.25, -0.2) is 0 Å². The van der Waals surface area contributed by atoms with Crippen molar-refractivity contribution in [1.82, 2.24) is 20.0 Å². The highest BCUT2D eigenvalue weighted by Gasteiger charge is 2.35. The van der Waals surface area contributed by atoms with E-state index in [0.29, 0.717) is 11.6 Å². The summed E-state index contributed by atoms with van der Waals surface area (Å²) in [7, 11) is 2.10. The van der Waals surface area contributed by atoms with E-state index in [1.165, 1.54) is 23.7 Å². The Morgan fingerprint density at radius 2 is 1.86 bits per heavy atom. The Bertz CT molecular complexity index is 890. The fraction of sp³-hybridized carbons (Fsp3) is 0.615. The first-order valence-electron chi connectivity index (χ1n) is 12.4. The molecule has 0 aliphatic heterocycles. The van der Waals surface area contributed by atoms with Gasteiger partial charge in [0.05, 0.1) is 0 Å². The number of Topliss-reactive ketones (excluding diaryl/α,β-unsaturated/α-hetero) is 1. The molecule has 0 spiro atoms. The second-order valence-corrected chi connectivity index (χ2v) is 10.7. The van der Waals surface area contributed by atoms with Gasteiger partial charge in [0.15, 0.2) is 0 Å². The van der Waals surface area contributed by atoms with Crippen LogP contribution in [0.15, 0.2) is 40.0 Å². The van der Waals surface area contributed by atoms with Crippen molar-refractivity contribution in [2.24, 2.45) is 5.92 Å². The molecule has 1 heterocycles. The molecule has 1 amide bonds. The highest BCUT2D eigenvalue weighted by Crippen LogP contribution is 2.27. The lowest BCUT2D eigenvalue weighted by atomic mass is 9.91. The zero-order valence-corrected chi connectivity index (χ0v) is 22.7. The molecule has 1 aromatic carbocycles. The van der Waals surface area contributed by atoms with Gasteiger partial charge < -0.3 is 14.2 Å². The monoisotopic (exact) mass is 522 g/mol. The predicted octanol–water partition coefficient (Wildman–Crippen LogP) is 5.15. The van der Waals surface area contributed by atoms with Crippen LogP contribution in [0, 0.1) is 5.92 Å². The fourth-order valence-electron chi connectivity index (χ4n) is 4.48. The molecule has 1 fully saturated rings. The summed E-state index contributed by atoms with van der Waals surface area (Å²) >= 11 is 1.46. The molecule has 0 saturated heterocycles. The van der Waals surface area contributed by atoms with Crippen molar-refractivity contribution >= 4 is 36.4 Å². The van der Waals surface area contributed by atoms with Crippen LogP contribution in [-0.4, -0.2) is 70.2 Å². The number of carbonyl (C=O) groups excluding carboxylic acids is 2. The number of nitrogens with zero attached hydrogens (tertiary/aromatic N) is 4. The zero-order valence-electron chi connectivity index (χ0n) is 21.1. The van der Waals surface area contributed by atoms with E-state index in [1.807, 2.05) is 6.07 Å². The van der Waals surface area contributed by atoms with Crippen LogP contribution in [-0.2, 0) is 11.2 Å². The number of halogens is 1. The molecule has 1 unspecified atom stereocenters. The Hall–Kier alpha value is -1.90. The fourth-order valence-corrected chi connectivity index (χ4v) is 5.29. The van der Waals surface area contributed by atoms with Gasteiger partial charge in [-0.15, -0.1) is 22.6 Å². The smallest absolute Gasteiger partial charge is 0.286 e. The Morgan fingerprint density at radius 3 is 2.51 bits per heavy atom. The first kappa shape index (κ1) is 29.3. The Morgan fingerprint density at radius 1 is 1.14 bits per heavy atom. The number of likely N-dealkylation sites (N-methyl/N-ethyl adjacent to an activating group) is 1. The van der Waals surface area contributed by atoms with Gasteiger partial charge in [-0.05, 0) is 44.2 Å².